The molecule has 7 heteroatoms. The minimum atomic E-state index is -3.68. The van der Waals surface area contributed by atoms with E-state index in [1.807, 2.05) is 25.1 Å². The van der Waals surface area contributed by atoms with Crippen LogP contribution in [0.15, 0.2) is 29.2 Å². The third-order valence-electron chi connectivity index (χ3n) is 3.14. The van der Waals surface area contributed by atoms with Crippen LogP contribution in [0.5, 0.6) is 0 Å². The number of anilines is 1. The minimum Gasteiger partial charge on any atom is -0.325 e. The second-order valence-corrected chi connectivity index (χ2v) is 6.55. The van der Waals surface area contributed by atoms with Crippen molar-refractivity contribution in [1.82, 2.24) is 10.2 Å². The van der Waals surface area contributed by atoms with Crippen LogP contribution < -0.4 is 10.0 Å². The summed E-state index contributed by atoms with van der Waals surface area (Å²) in [6.07, 6.45) is 0. The number of aromatic nitrogens is 2. The van der Waals surface area contributed by atoms with E-state index in [1.165, 1.54) is 11.4 Å². The Hall–Kier alpha value is -1.86. The number of nitrogens with one attached hydrogen (secondary N) is 1. The summed E-state index contributed by atoms with van der Waals surface area (Å²) >= 11 is 0. The molecule has 0 aliphatic carbocycles. The molecule has 0 unspecified atom stereocenters. The maximum Gasteiger partial charge on any atom is 0.267 e. The van der Waals surface area contributed by atoms with Crippen LogP contribution in [0.4, 0.5) is 5.69 Å². The first-order chi connectivity index (χ1) is 9.37. The summed E-state index contributed by atoms with van der Waals surface area (Å²) in [5.74, 6) is 0. The van der Waals surface area contributed by atoms with Gasteiger partial charge in [-0.05, 0) is 31.5 Å². The highest BCUT2D eigenvalue weighted by atomic mass is 32.2. The van der Waals surface area contributed by atoms with Crippen molar-refractivity contribution in [2.75, 3.05) is 11.4 Å². The maximum atomic E-state index is 12.7. The molecule has 0 aliphatic heterocycles. The van der Waals surface area contributed by atoms with Crippen LogP contribution in [0.1, 0.15) is 17.0 Å². The lowest BCUT2D eigenvalue weighted by Gasteiger charge is -2.20. The molecule has 0 amide bonds. The van der Waals surface area contributed by atoms with E-state index in [0.717, 1.165) is 5.56 Å². The summed E-state index contributed by atoms with van der Waals surface area (Å²) < 4.78 is 26.7. The molecular weight excluding hydrogens is 276 g/mol. The lowest BCUT2D eigenvalue weighted by molar-refractivity contribution is 0.592. The number of nitrogens with two attached hydrogens (primary N) is 1. The minimum absolute atomic E-state index is 0.0700. The highest BCUT2D eigenvalue weighted by Crippen LogP contribution is 2.26. The highest BCUT2D eigenvalue weighted by molar-refractivity contribution is 7.92. The van der Waals surface area contributed by atoms with Gasteiger partial charge in [-0.25, -0.2) is 8.42 Å². The predicted molar refractivity (Wildman–Crippen MR) is 78.0 cm³/mol. The van der Waals surface area contributed by atoms with E-state index in [-0.39, 0.29) is 11.4 Å². The molecule has 1 heterocycles. The zero-order valence-corrected chi connectivity index (χ0v) is 12.5. The Morgan fingerprint density at radius 3 is 2.65 bits per heavy atom. The number of hydrogen-bond acceptors (Lipinski definition) is 4. The second-order valence-electron chi connectivity index (χ2n) is 4.64. The molecule has 6 nitrogen and oxygen atoms in total. The van der Waals surface area contributed by atoms with Crippen LogP contribution in [-0.2, 0) is 16.6 Å². The first-order valence-corrected chi connectivity index (χ1v) is 7.61. The van der Waals surface area contributed by atoms with Gasteiger partial charge in [0.1, 0.15) is 4.90 Å². The molecule has 1 aromatic carbocycles. The fourth-order valence-electron chi connectivity index (χ4n) is 2.05. The normalized spacial score (nSPS) is 11.6. The van der Waals surface area contributed by atoms with Crippen LogP contribution in [0, 0.1) is 13.8 Å². The van der Waals surface area contributed by atoms with Crippen molar-refractivity contribution in [3.8, 4) is 0 Å². The summed E-state index contributed by atoms with van der Waals surface area (Å²) in [6.45, 7) is 3.65. The number of rotatable bonds is 4. The smallest absolute Gasteiger partial charge is 0.267 e. The van der Waals surface area contributed by atoms with E-state index in [2.05, 4.69) is 10.2 Å². The molecule has 2 aromatic rings. The molecular formula is C13H18N4O2S. The molecule has 20 heavy (non-hydrogen) atoms. The second kappa shape index (κ2) is 5.26. The van der Waals surface area contributed by atoms with E-state index in [1.54, 1.807) is 13.0 Å². The highest BCUT2D eigenvalue weighted by Gasteiger charge is 2.28. The van der Waals surface area contributed by atoms with Gasteiger partial charge in [0.2, 0.25) is 0 Å². The summed E-state index contributed by atoms with van der Waals surface area (Å²) in [6, 6.07) is 7.30. The Labute approximate surface area is 118 Å². The van der Waals surface area contributed by atoms with E-state index in [0.29, 0.717) is 17.1 Å². The SMILES string of the molecule is Cc1cccc(N(C)S(=O)(=O)c2c(CN)n[nH]c2C)c1. The summed E-state index contributed by atoms with van der Waals surface area (Å²) in [5, 5.41) is 6.61. The summed E-state index contributed by atoms with van der Waals surface area (Å²) in [7, 11) is -2.15. The van der Waals surface area contributed by atoms with E-state index in [4.69, 9.17) is 5.73 Å². The van der Waals surface area contributed by atoms with E-state index < -0.39 is 10.0 Å². The van der Waals surface area contributed by atoms with Crippen molar-refractivity contribution in [1.29, 1.82) is 0 Å². The molecule has 1 aromatic heterocycles. The van der Waals surface area contributed by atoms with Gasteiger partial charge in [-0.3, -0.25) is 9.40 Å². The van der Waals surface area contributed by atoms with Gasteiger partial charge in [0.15, 0.2) is 0 Å². The Kier molecular flexibility index (Phi) is 3.82. The molecule has 3 N–H and O–H groups in total. The lowest BCUT2D eigenvalue weighted by atomic mass is 10.2. The van der Waals surface area contributed by atoms with Gasteiger partial charge in [0.25, 0.3) is 10.0 Å². The van der Waals surface area contributed by atoms with Crippen molar-refractivity contribution in [2.24, 2.45) is 5.73 Å². The monoisotopic (exact) mass is 294 g/mol. The average Bonchev–Trinajstić information content (AvgIpc) is 2.79. The van der Waals surface area contributed by atoms with Crippen molar-refractivity contribution in [3.63, 3.8) is 0 Å². The van der Waals surface area contributed by atoms with Crippen LogP contribution in [0.3, 0.4) is 0 Å². The van der Waals surface area contributed by atoms with Gasteiger partial charge in [-0.1, -0.05) is 12.1 Å². The third-order valence-corrected chi connectivity index (χ3v) is 5.13. The largest absolute Gasteiger partial charge is 0.325 e. The molecule has 108 valence electrons. The number of aromatic amines is 1. The standard InChI is InChI=1S/C13H18N4O2S/c1-9-5-4-6-11(7-9)17(3)20(18,19)13-10(2)15-16-12(13)8-14/h4-7H,8,14H2,1-3H3,(H,15,16). The van der Waals surface area contributed by atoms with Gasteiger partial charge >= 0.3 is 0 Å². The van der Waals surface area contributed by atoms with E-state index in [9.17, 15) is 8.42 Å². The lowest BCUT2D eigenvalue weighted by Crippen LogP contribution is -2.28. The number of aryl methyl sites for hydroxylation is 2. The Morgan fingerprint density at radius 2 is 2.05 bits per heavy atom. The van der Waals surface area contributed by atoms with Gasteiger partial charge in [0.05, 0.1) is 17.1 Å². The molecule has 0 fully saturated rings. The first-order valence-electron chi connectivity index (χ1n) is 6.17. The zero-order chi connectivity index (χ0) is 14.9. The molecule has 0 atom stereocenters. The maximum absolute atomic E-state index is 12.7. The number of nitrogens with zero attached hydrogens (tertiary/aromatic N) is 2. The van der Waals surface area contributed by atoms with Crippen LogP contribution in [0.25, 0.3) is 0 Å². The molecule has 2 rings (SSSR count). The number of hydrogen-bond donors (Lipinski definition) is 2. The van der Waals surface area contributed by atoms with Gasteiger partial charge < -0.3 is 5.73 Å². The van der Waals surface area contributed by atoms with Crippen molar-refractivity contribution >= 4 is 15.7 Å². The average molecular weight is 294 g/mol. The Balaban J connectivity index is 2.52. The number of H-pyrrole nitrogens is 1. The van der Waals surface area contributed by atoms with Crippen LogP contribution in [0.2, 0.25) is 0 Å². The van der Waals surface area contributed by atoms with Crippen LogP contribution >= 0.6 is 0 Å². The molecule has 0 saturated heterocycles. The molecule has 0 aliphatic rings. The fourth-order valence-corrected chi connectivity index (χ4v) is 3.57. The van der Waals surface area contributed by atoms with Gasteiger partial charge in [-0.2, -0.15) is 5.10 Å². The van der Waals surface area contributed by atoms with Crippen molar-refractivity contribution in [2.45, 2.75) is 25.3 Å². The molecule has 0 spiro atoms. The molecule has 0 bridgehead atoms. The number of sulfonamides is 1. The number of benzene rings is 1. The molecule has 0 saturated carbocycles. The van der Waals surface area contributed by atoms with Crippen molar-refractivity contribution in [3.05, 3.63) is 41.2 Å². The zero-order valence-electron chi connectivity index (χ0n) is 11.7. The van der Waals surface area contributed by atoms with E-state index >= 15 is 0 Å². The fraction of sp³-hybridized carbons (Fsp3) is 0.308. The summed E-state index contributed by atoms with van der Waals surface area (Å²) in [4.78, 5) is 0.156. The van der Waals surface area contributed by atoms with Crippen LogP contribution in [-0.4, -0.2) is 25.7 Å². The molecule has 0 radical (unpaired) electrons. The Bertz CT molecular complexity index is 722. The topological polar surface area (TPSA) is 92.1 Å². The Morgan fingerprint density at radius 1 is 1.35 bits per heavy atom. The van der Waals surface area contributed by atoms with Gasteiger partial charge in [-0.15, -0.1) is 0 Å². The van der Waals surface area contributed by atoms with Gasteiger partial charge in [0, 0.05) is 13.6 Å². The first kappa shape index (κ1) is 14.5. The third kappa shape index (κ3) is 2.41. The predicted octanol–water partition coefficient (Wildman–Crippen LogP) is 1.31. The quantitative estimate of drug-likeness (QED) is 0.889. The summed E-state index contributed by atoms with van der Waals surface area (Å²) in [5.41, 5.74) is 8.00. The van der Waals surface area contributed by atoms with Crippen molar-refractivity contribution < 1.29 is 8.42 Å².